The molecule has 5 N–H and O–H groups in total. The van der Waals surface area contributed by atoms with Gasteiger partial charge in [-0.2, -0.15) is 0 Å². The first-order valence-corrected chi connectivity index (χ1v) is 11.9. The summed E-state index contributed by atoms with van der Waals surface area (Å²) >= 11 is 0. The van der Waals surface area contributed by atoms with Crippen molar-refractivity contribution in [3.05, 3.63) is 108 Å². The van der Waals surface area contributed by atoms with Gasteiger partial charge in [-0.15, -0.1) is 0 Å². The smallest absolute Gasteiger partial charge is 0.412 e. The number of carbonyl (C=O) groups is 2. The quantitative estimate of drug-likeness (QED) is 0.171. The maximum atomic E-state index is 12.9. The zero-order valence-electron chi connectivity index (χ0n) is 20.6. The number of anilines is 3. The Kier molecular flexibility index (Phi) is 7.74. The van der Waals surface area contributed by atoms with Crippen molar-refractivity contribution >= 4 is 39.8 Å². The van der Waals surface area contributed by atoms with Gasteiger partial charge in [-0.25, -0.2) is 4.79 Å². The van der Waals surface area contributed by atoms with E-state index in [2.05, 4.69) is 10.6 Å². The van der Waals surface area contributed by atoms with Gasteiger partial charge in [-0.05, 0) is 48.7 Å². The molecule has 0 unspecified atom stereocenters. The predicted molar refractivity (Wildman–Crippen MR) is 147 cm³/mol. The van der Waals surface area contributed by atoms with Crippen molar-refractivity contribution in [2.75, 3.05) is 16.4 Å². The summed E-state index contributed by atoms with van der Waals surface area (Å²) in [5, 5.41) is 17.3. The second-order valence-electron chi connectivity index (χ2n) is 8.83. The van der Waals surface area contributed by atoms with Gasteiger partial charge >= 0.3 is 6.09 Å². The van der Waals surface area contributed by atoms with Crippen LogP contribution < -0.4 is 16.4 Å². The monoisotopic (exact) mass is 495 g/mol. The molecule has 7 nitrogen and oxygen atoms in total. The summed E-state index contributed by atoms with van der Waals surface area (Å²) in [6, 6.07) is 25.0. The Morgan fingerprint density at radius 1 is 0.892 bits per heavy atom. The van der Waals surface area contributed by atoms with Gasteiger partial charge in [0, 0.05) is 22.6 Å². The average molecular weight is 496 g/mol. The van der Waals surface area contributed by atoms with Gasteiger partial charge in [0.25, 0.3) is 0 Å². The normalized spacial score (nSPS) is 12.7. The number of nitrogens with one attached hydrogen (secondary N) is 2. The van der Waals surface area contributed by atoms with Crippen LogP contribution in [0.5, 0.6) is 5.75 Å². The van der Waals surface area contributed by atoms with E-state index in [-0.39, 0.29) is 11.7 Å². The first kappa shape index (κ1) is 25.3. The highest BCUT2D eigenvalue weighted by atomic mass is 16.6. The van der Waals surface area contributed by atoms with E-state index in [1.165, 1.54) is 6.08 Å². The molecule has 0 aromatic heterocycles. The van der Waals surface area contributed by atoms with Crippen molar-refractivity contribution in [2.45, 2.75) is 20.0 Å². The van der Waals surface area contributed by atoms with E-state index in [1.54, 1.807) is 60.7 Å². The molecule has 2 atom stereocenters. The molecule has 188 valence electrons. The lowest BCUT2D eigenvalue weighted by molar-refractivity contribution is -0.111. The van der Waals surface area contributed by atoms with E-state index >= 15 is 0 Å². The topological polar surface area (TPSA) is 114 Å². The SMILES string of the molecule is Cc1ccc(NC(=O)O[C@@H](c2ccc(O)c3ccccc23)[C@@H](C)/C=C/C(=O)Nc2ccccc2N)cc1. The fourth-order valence-corrected chi connectivity index (χ4v) is 4.03. The Hall–Kier alpha value is -4.78. The summed E-state index contributed by atoms with van der Waals surface area (Å²) in [6.45, 7) is 3.82. The minimum atomic E-state index is -0.748. The van der Waals surface area contributed by atoms with Crippen LogP contribution in [0.4, 0.5) is 21.9 Å². The molecule has 4 rings (SSSR count). The van der Waals surface area contributed by atoms with E-state index in [4.69, 9.17) is 10.5 Å². The number of benzene rings is 4. The van der Waals surface area contributed by atoms with E-state index in [9.17, 15) is 14.7 Å². The predicted octanol–water partition coefficient (Wildman–Crippen LogP) is 6.56. The number of nitrogens with two attached hydrogens (primary N) is 1. The van der Waals surface area contributed by atoms with Crippen LogP contribution in [-0.2, 0) is 9.53 Å². The number of phenolic OH excluding ortho intramolecular Hbond substituents is 1. The summed E-state index contributed by atoms with van der Waals surface area (Å²) in [5.74, 6) is -0.621. The highest BCUT2D eigenvalue weighted by Gasteiger charge is 2.25. The zero-order chi connectivity index (χ0) is 26.4. The van der Waals surface area contributed by atoms with Crippen LogP contribution in [-0.4, -0.2) is 17.1 Å². The number of para-hydroxylation sites is 2. The molecule has 4 aromatic carbocycles. The number of amides is 2. The summed E-state index contributed by atoms with van der Waals surface area (Å²) in [7, 11) is 0. The summed E-state index contributed by atoms with van der Waals surface area (Å²) in [6.07, 6.45) is 1.70. The van der Waals surface area contributed by atoms with E-state index < -0.39 is 18.1 Å². The van der Waals surface area contributed by atoms with Crippen molar-refractivity contribution in [3.63, 3.8) is 0 Å². The van der Waals surface area contributed by atoms with Crippen LogP contribution >= 0.6 is 0 Å². The van der Waals surface area contributed by atoms with Gasteiger partial charge in [0.15, 0.2) is 0 Å². The van der Waals surface area contributed by atoms with E-state index in [0.29, 0.717) is 28.0 Å². The van der Waals surface area contributed by atoms with E-state index in [0.717, 1.165) is 10.9 Å². The highest BCUT2D eigenvalue weighted by Crippen LogP contribution is 2.36. The molecular weight excluding hydrogens is 466 g/mol. The number of ether oxygens (including phenoxy) is 1. The molecule has 0 spiro atoms. The molecular formula is C30H29N3O4. The molecule has 0 radical (unpaired) electrons. The number of aromatic hydroxyl groups is 1. The van der Waals surface area contributed by atoms with Crippen LogP contribution in [0.1, 0.15) is 24.2 Å². The summed E-state index contributed by atoms with van der Waals surface area (Å²) in [5.41, 5.74) is 9.27. The average Bonchev–Trinajstić information content (AvgIpc) is 2.89. The van der Waals surface area contributed by atoms with Crippen LogP contribution in [0.25, 0.3) is 10.8 Å². The molecule has 0 heterocycles. The maximum absolute atomic E-state index is 12.9. The molecule has 0 saturated heterocycles. The molecule has 0 fully saturated rings. The van der Waals surface area contributed by atoms with Crippen LogP contribution in [0.3, 0.4) is 0 Å². The maximum Gasteiger partial charge on any atom is 0.412 e. The molecule has 0 bridgehead atoms. The largest absolute Gasteiger partial charge is 0.507 e. The highest BCUT2D eigenvalue weighted by molar-refractivity contribution is 6.01. The van der Waals surface area contributed by atoms with Gasteiger partial charge in [0.2, 0.25) is 5.91 Å². The first-order chi connectivity index (χ1) is 17.8. The van der Waals surface area contributed by atoms with Crippen molar-refractivity contribution in [1.82, 2.24) is 0 Å². The standard InChI is InChI=1S/C30H29N3O4/c1-19-11-14-21(15-12-19)32-30(36)37-29(24-16-17-27(34)23-8-4-3-7-22(23)24)20(2)13-18-28(35)33-26-10-6-5-9-25(26)31/h3-18,20,29,34H,31H2,1-2H3,(H,32,36)(H,33,35)/b18-13+/t20-,29+/m0/s1. The fourth-order valence-electron chi connectivity index (χ4n) is 4.03. The lowest BCUT2D eigenvalue weighted by Gasteiger charge is -2.24. The third-order valence-corrected chi connectivity index (χ3v) is 6.02. The van der Waals surface area contributed by atoms with Gasteiger partial charge in [0.05, 0.1) is 11.4 Å². The Labute approximate surface area is 215 Å². The van der Waals surface area contributed by atoms with Crippen LogP contribution in [0, 0.1) is 12.8 Å². The van der Waals surface area contributed by atoms with Gasteiger partial charge in [-0.3, -0.25) is 10.1 Å². The third kappa shape index (κ3) is 6.27. The second kappa shape index (κ2) is 11.3. The molecule has 2 amide bonds. The van der Waals surface area contributed by atoms with Gasteiger partial charge in [0.1, 0.15) is 11.9 Å². The van der Waals surface area contributed by atoms with Crippen LogP contribution in [0.2, 0.25) is 0 Å². The first-order valence-electron chi connectivity index (χ1n) is 11.9. The fraction of sp³-hybridized carbons (Fsp3) is 0.133. The number of carbonyl (C=O) groups excluding carboxylic acids is 2. The minimum Gasteiger partial charge on any atom is -0.507 e. The molecule has 37 heavy (non-hydrogen) atoms. The van der Waals surface area contributed by atoms with Crippen molar-refractivity contribution in [2.24, 2.45) is 5.92 Å². The Morgan fingerprint density at radius 3 is 2.30 bits per heavy atom. The Morgan fingerprint density at radius 2 is 1.57 bits per heavy atom. The van der Waals surface area contributed by atoms with Gasteiger partial charge in [-0.1, -0.05) is 73.2 Å². The minimum absolute atomic E-state index is 0.130. The number of hydrogen-bond donors (Lipinski definition) is 4. The van der Waals surface area contributed by atoms with Crippen molar-refractivity contribution in [3.8, 4) is 5.75 Å². The molecule has 7 heteroatoms. The number of fused-ring (bicyclic) bond motifs is 1. The molecule has 0 saturated carbocycles. The van der Waals surface area contributed by atoms with Gasteiger partial charge < -0.3 is 20.9 Å². The number of rotatable bonds is 7. The number of aryl methyl sites for hydroxylation is 1. The Bertz CT molecular complexity index is 1450. The van der Waals surface area contributed by atoms with Crippen molar-refractivity contribution < 1.29 is 19.4 Å². The van der Waals surface area contributed by atoms with Crippen molar-refractivity contribution in [1.29, 1.82) is 0 Å². The number of nitrogen functional groups attached to an aromatic ring is 1. The molecule has 4 aromatic rings. The zero-order valence-corrected chi connectivity index (χ0v) is 20.6. The van der Waals surface area contributed by atoms with E-state index in [1.807, 2.05) is 44.2 Å². The molecule has 0 aliphatic rings. The lowest BCUT2D eigenvalue weighted by Crippen LogP contribution is -2.22. The third-order valence-electron chi connectivity index (χ3n) is 6.02. The summed E-state index contributed by atoms with van der Waals surface area (Å²) < 4.78 is 5.92. The Balaban J connectivity index is 1.60. The summed E-state index contributed by atoms with van der Waals surface area (Å²) in [4.78, 5) is 25.5. The molecule has 0 aliphatic heterocycles. The molecule has 0 aliphatic carbocycles. The number of hydrogen-bond acceptors (Lipinski definition) is 5. The number of phenols is 1. The second-order valence-corrected chi connectivity index (χ2v) is 8.83. The lowest BCUT2D eigenvalue weighted by atomic mass is 9.92. The van der Waals surface area contributed by atoms with Crippen LogP contribution in [0.15, 0.2) is 97.1 Å².